The summed E-state index contributed by atoms with van der Waals surface area (Å²) in [4.78, 5) is 25.8. The van der Waals surface area contributed by atoms with E-state index in [0.29, 0.717) is 16.3 Å². The van der Waals surface area contributed by atoms with E-state index < -0.39 is 11.1 Å². The number of amides is 2. The van der Waals surface area contributed by atoms with Gasteiger partial charge in [-0.15, -0.1) is 0 Å². The Kier molecular flexibility index (Phi) is 4.00. The second-order valence-electron chi connectivity index (χ2n) is 4.52. The number of hydrogen-bond acceptors (Lipinski definition) is 3. The number of benzene rings is 2. The third kappa shape index (κ3) is 2.77. The summed E-state index contributed by atoms with van der Waals surface area (Å²) in [6, 6.07) is 12.3. The first kappa shape index (κ1) is 14.8. The average Bonchev–Trinajstić information content (AvgIpc) is 2.77. The van der Waals surface area contributed by atoms with E-state index in [1.54, 1.807) is 42.5 Å². The number of hydrogen-bond donors (Lipinski definition) is 0. The van der Waals surface area contributed by atoms with Gasteiger partial charge >= 0.3 is 0 Å². The molecule has 1 aliphatic heterocycles. The molecule has 6 heteroatoms. The summed E-state index contributed by atoms with van der Waals surface area (Å²) in [5, 5.41) is -0.0840. The number of halogens is 2. The lowest BCUT2D eigenvalue weighted by Crippen LogP contribution is -2.27. The van der Waals surface area contributed by atoms with Gasteiger partial charge in [0.05, 0.1) is 15.6 Å². The van der Waals surface area contributed by atoms with Crippen LogP contribution in [0.4, 0.5) is 14.9 Å². The van der Waals surface area contributed by atoms with Crippen molar-refractivity contribution in [2.75, 3.05) is 4.90 Å². The highest BCUT2D eigenvalue weighted by Crippen LogP contribution is 2.38. The van der Waals surface area contributed by atoms with Gasteiger partial charge in [-0.1, -0.05) is 35.9 Å². The van der Waals surface area contributed by atoms with E-state index in [9.17, 15) is 14.0 Å². The fourth-order valence-corrected chi connectivity index (χ4v) is 3.07. The predicted octanol–water partition coefficient (Wildman–Crippen LogP) is 4.72. The molecule has 0 aromatic heterocycles. The molecule has 0 N–H and O–H groups in total. The van der Waals surface area contributed by atoms with Crippen LogP contribution in [-0.4, -0.2) is 11.1 Å². The summed E-state index contributed by atoms with van der Waals surface area (Å²) >= 11 is 6.87. The Morgan fingerprint density at radius 3 is 2.41 bits per heavy atom. The first-order valence-electron chi connectivity index (χ1n) is 6.34. The summed E-state index contributed by atoms with van der Waals surface area (Å²) < 4.78 is 12.9. The van der Waals surface area contributed by atoms with E-state index in [0.717, 1.165) is 16.7 Å². The Bertz CT molecular complexity index is 789. The number of nitrogens with zero attached hydrogens (tertiary/aromatic N) is 1. The minimum absolute atomic E-state index is 0.275. The van der Waals surface area contributed by atoms with Crippen molar-refractivity contribution in [1.82, 2.24) is 0 Å². The fraction of sp³-hybridized carbons (Fsp3) is 0. The third-order valence-corrected chi connectivity index (χ3v) is 4.24. The lowest BCUT2D eigenvalue weighted by molar-refractivity contribution is -0.113. The summed E-state index contributed by atoms with van der Waals surface area (Å²) in [5.74, 6) is -0.797. The Hall–Kier alpha value is -2.11. The van der Waals surface area contributed by atoms with Gasteiger partial charge in [-0.05, 0) is 47.7 Å². The van der Waals surface area contributed by atoms with E-state index in [2.05, 4.69) is 0 Å². The maximum Gasteiger partial charge on any atom is 0.298 e. The molecule has 1 fully saturated rings. The molecular weight excluding hydrogens is 325 g/mol. The van der Waals surface area contributed by atoms with Gasteiger partial charge in [0, 0.05) is 0 Å². The number of carbonyl (C=O) groups is 2. The first-order valence-corrected chi connectivity index (χ1v) is 7.54. The zero-order valence-electron chi connectivity index (χ0n) is 11.1. The summed E-state index contributed by atoms with van der Waals surface area (Å²) in [7, 11) is 0. The maximum absolute atomic E-state index is 12.9. The Balaban J connectivity index is 1.95. The molecule has 0 atom stereocenters. The lowest BCUT2D eigenvalue weighted by atomic mass is 10.2. The van der Waals surface area contributed by atoms with Gasteiger partial charge in [0.15, 0.2) is 0 Å². The number of para-hydroxylation sites is 1. The lowest BCUT2D eigenvalue weighted by Gasteiger charge is -2.13. The van der Waals surface area contributed by atoms with Gasteiger partial charge in [-0.2, -0.15) is 0 Å². The van der Waals surface area contributed by atoms with Crippen LogP contribution in [-0.2, 0) is 4.79 Å². The third-order valence-electron chi connectivity index (χ3n) is 3.05. The second-order valence-corrected chi connectivity index (χ2v) is 5.92. The molecule has 1 heterocycles. The molecule has 0 spiro atoms. The van der Waals surface area contributed by atoms with Gasteiger partial charge in [0.25, 0.3) is 11.1 Å². The Morgan fingerprint density at radius 1 is 1.05 bits per heavy atom. The highest BCUT2D eigenvalue weighted by molar-refractivity contribution is 8.19. The van der Waals surface area contributed by atoms with E-state index in [4.69, 9.17) is 11.6 Å². The number of imide groups is 1. The minimum atomic E-state index is -0.438. The molecule has 0 saturated carbocycles. The van der Waals surface area contributed by atoms with E-state index in [-0.39, 0.29) is 10.7 Å². The normalized spacial score (nSPS) is 16.6. The van der Waals surface area contributed by atoms with Crippen molar-refractivity contribution in [1.29, 1.82) is 0 Å². The van der Waals surface area contributed by atoms with E-state index in [1.807, 2.05) is 0 Å². The number of thioether (sulfide) groups is 1. The zero-order chi connectivity index (χ0) is 15.7. The maximum atomic E-state index is 12.9. The summed E-state index contributed by atoms with van der Waals surface area (Å²) in [6.45, 7) is 0. The number of anilines is 1. The van der Waals surface area contributed by atoms with Crippen molar-refractivity contribution in [3.63, 3.8) is 0 Å². The van der Waals surface area contributed by atoms with Crippen LogP contribution in [0.2, 0.25) is 5.02 Å². The number of rotatable bonds is 2. The van der Waals surface area contributed by atoms with Gasteiger partial charge in [0.2, 0.25) is 0 Å². The van der Waals surface area contributed by atoms with Crippen molar-refractivity contribution < 1.29 is 14.0 Å². The van der Waals surface area contributed by atoms with Gasteiger partial charge in [-0.3, -0.25) is 9.59 Å². The van der Waals surface area contributed by atoms with Gasteiger partial charge in [-0.25, -0.2) is 9.29 Å². The topological polar surface area (TPSA) is 37.4 Å². The van der Waals surface area contributed by atoms with Gasteiger partial charge < -0.3 is 0 Å². The molecule has 2 amide bonds. The van der Waals surface area contributed by atoms with Crippen LogP contribution in [0.1, 0.15) is 5.56 Å². The Morgan fingerprint density at radius 2 is 1.73 bits per heavy atom. The van der Waals surface area contributed by atoms with Crippen LogP contribution >= 0.6 is 23.4 Å². The smallest absolute Gasteiger partial charge is 0.268 e. The summed E-state index contributed by atoms with van der Waals surface area (Å²) in [5.41, 5.74) is 1.00. The van der Waals surface area contributed by atoms with Crippen molar-refractivity contribution in [2.45, 2.75) is 0 Å². The molecule has 110 valence electrons. The second kappa shape index (κ2) is 5.94. The highest BCUT2D eigenvalue weighted by atomic mass is 35.5. The standard InChI is InChI=1S/C16H9ClFNO2S/c17-12-3-1-2-4-13(12)19-15(20)14(22-16(19)21)9-10-5-7-11(18)8-6-10/h1-9H/b14-9-. The van der Waals surface area contributed by atoms with Crippen molar-refractivity contribution in [3.8, 4) is 0 Å². The molecule has 3 nitrogen and oxygen atoms in total. The van der Waals surface area contributed by atoms with E-state index >= 15 is 0 Å². The molecule has 0 aliphatic carbocycles. The molecule has 2 aromatic rings. The molecule has 1 saturated heterocycles. The SMILES string of the molecule is O=C1S/C(=C\c2ccc(F)cc2)C(=O)N1c1ccccc1Cl. The fourth-order valence-electron chi connectivity index (χ4n) is 2.02. The quantitative estimate of drug-likeness (QED) is 0.746. The van der Waals surface area contributed by atoms with Crippen molar-refractivity contribution in [3.05, 3.63) is 69.8 Å². The van der Waals surface area contributed by atoms with E-state index in [1.165, 1.54) is 12.1 Å². The Labute approximate surface area is 135 Å². The predicted molar refractivity (Wildman–Crippen MR) is 86.3 cm³/mol. The molecule has 0 bridgehead atoms. The number of carbonyl (C=O) groups excluding carboxylic acids is 2. The molecule has 22 heavy (non-hydrogen) atoms. The molecular formula is C16H9ClFNO2S. The van der Waals surface area contributed by atoms with Crippen LogP contribution in [0.3, 0.4) is 0 Å². The van der Waals surface area contributed by atoms with Crippen molar-refractivity contribution in [2.24, 2.45) is 0 Å². The average molecular weight is 334 g/mol. The zero-order valence-corrected chi connectivity index (χ0v) is 12.7. The van der Waals surface area contributed by atoms with Crippen LogP contribution in [0.25, 0.3) is 6.08 Å². The van der Waals surface area contributed by atoms with Crippen LogP contribution in [0.5, 0.6) is 0 Å². The van der Waals surface area contributed by atoms with Crippen LogP contribution < -0.4 is 4.90 Å². The van der Waals surface area contributed by atoms with Crippen LogP contribution in [0, 0.1) is 5.82 Å². The molecule has 3 rings (SSSR count). The molecule has 2 aromatic carbocycles. The van der Waals surface area contributed by atoms with Gasteiger partial charge in [0.1, 0.15) is 5.82 Å². The monoisotopic (exact) mass is 333 g/mol. The summed E-state index contributed by atoms with van der Waals surface area (Å²) in [6.07, 6.45) is 1.56. The van der Waals surface area contributed by atoms with Crippen LogP contribution in [0.15, 0.2) is 53.4 Å². The molecule has 0 radical (unpaired) electrons. The largest absolute Gasteiger partial charge is 0.298 e. The molecule has 1 aliphatic rings. The minimum Gasteiger partial charge on any atom is -0.268 e. The first-order chi connectivity index (χ1) is 10.6. The highest BCUT2D eigenvalue weighted by Gasteiger charge is 2.37. The van der Waals surface area contributed by atoms with Crippen molar-refractivity contribution >= 4 is 46.3 Å². The molecule has 0 unspecified atom stereocenters.